The van der Waals surface area contributed by atoms with Crippen molar-refractivity contribution in [2.45, 2.75) is 19.3 Å². The lowest BCUT2D eigenvalue weighted by atomic mass is 9.79. The molecular formula is C18H20N2. The highest BCUT2D eigenvalue weighted by atomic mass is 15.1. The summed E-state index contributed by atoms with van der Waals surface area (Å²) in [4.78, 5) is 6.96. The van der Waals surface area contributed by atoms with Gasteiger partial charge in [-0.2, -0.15) is 0 Å². The molecule has 0 N–H and O–H groups in total. The zero-order valence-corrected chi connectivity index (χ0v) is 12.5. The van der Waals surface area contributed by atoms with Gasteiger partial charge in [0.2, 0.25) is 0 Å². The lowest BCUT2D eigenvalue weighted by Gasteiger charge is -2.23. The van der Waals surface area contributed by atoms with Gasteiger partial charge in [-0.3, -0.25) is 4.99 Å². The van der Waals surface area contributed by atoms with Crippen LogP contribution in [0, 0.1) is 0 Å². The molecule has 1 aliphatic heterocycles. The minimum absolute atomic E-state index is 0.0315. The van der Waals surface area contributed by atoms with Gasteiger partial charge in [0.1, 0.15) is 0 Å². The fraction of sp³-hybridized carbons (Fsp3) is 0.278. The molecule has 0 atom stereocenters. The first-order valence-electron chi connectivity index (χ1n) is 6.96. The first-order chi connectivity index (χ1) is 9.50. The van der Waals surface area contributed by atoms with E-state index in [2.05, 4.69) is 81.4 Å². The molecule has 0 aliphatic carbocycles. The summed E-state index contributed by atoms with van der Waals surface area (Å²) >= 11 is 0. The third kappa shape index (κ3) is 1.92. The molecule has 0 unspecified atom stereocenters. The second-order valence-corrected chi connectivity index (χ2v) is 6.04. The molecule has 0 saturated heterocycles. The number of hydrogen-bond acceptors (Lipinski definition) is 2. The fourth-order valence-corrected chi connectivity index (χ4v) is 2.83. The summed E-state index contributed by atoms with van der Waals surface area (Å²) < 4.78 is 0. The molecule has 2 heteroatoms. The van der Waals surface area contributed by atoms with Gasteiger partial charge in [0.15, 0.2) is 0 Å². The molecule has 102 valence electrons. The topological polar surface area (TPSA) is 15.6 Å². The zero-order chi connectivity index (χ0) is 14.3. The van der Waals surface area contributed by atoms with Crippen molar-refractivity contribution in [3.63, 3.8) is 0 Å². The minimum atomic E-state index is -0.0315. The molecule has 0 bridgehead atoms. The summed E-state index contributed by atoms with van der Waals surface area (Å²) in [5, 5.41) is 0. The van der Waals surface area contributed by atoms with E-state index in [-0.39, 0.29) is 5.41 Å². The molecule has 2 nitrogen and oxygen atoms in total. The number of hydrogen-bond donors (Lipinski definition) is 0. The van der Waals surface area contributed by atoms with Crippen LogP contribution in [0.5, 0.6) is 0 Å². The van der Waals surface area contributed by atoms with Gasteiger partial charge >= 0.3 is 0 Å². The Labute approximate surface area is 120 Å². The minimum Gasteiger partial charge on any atom is -0.378 e. The van der Waals surface area contributed by atoms with E-state index in [9.17, 15) is 0 Å². The van der Waals surface area contributed by atoms with Crippen LogP contribution in [0.2, 0.25) is 0 Å². The van der Waals surface area contributed by atoms with Crippen molar-refractivity contribution in [2.75, 3.05) is 19.0 Å². The van der Waals surface area contributed by atoms with Gasteiger partial charge in [-0.15, -0.1) is 0 Å². The summed E-state index contributed by atoms with van der Waals surface area (Å²) in [5.74, 6) is 0. The van der Waals surface area contributed by atoms with Crippen molar-refractivity contribution >= 4 is 17.1 Å². The smallest absolute Gasteiger partial charge is 0.0675 e. The lowest BCUT2D eigenvalue weighted by molar-refractivity contribution is 0.737. The van der Waals surface area contributed by atoms with Gasteiger partial charge in [0.05, 0.1) is 11.4 Å². The van der Waals surface area contributed by atoms with E-state index in [1.165, 1.54) is 16.8 Å². The number of fused-ring (bicyclic) bond motifs is 1. The molecule has 0 fully saturated rings. The maximum absolute atomic E-state index is 4.85. The number of rotatable bonds is 2. The quantitative estimate of drug-likeness (QED) is 0.795. The van der Waals surface area contributed by atoms with Gasteiger partial charge in [-0.05, 0) is 29.3 Å². The first kappa shape index (κ1) is 12.9. The summed E-state index contributed by atoms with van der Waals surface area (Å²) in [6, 6.07) is 17.1. The molecule has 0 amide bonds. The van der Waals surface area contributed by atoms with Crippen LogP contribution in [0.3, 0.4) is 0 Å². The molecule has 0 aromatic heterocycles. The molecule has 0 saturated carbocycles. The third-order valence-electron chi connectivity index (χ3n) is 4.06. The molecule has 0 spiro atoms. The van der Waals surface area contributed by atoms with Crippen LogP contribution in [0.1, 0.15) is 25.0 Å². The van der Waals surface area contributed by atoms with E-state index in [0.717, 1.165) is 11.4 Å². The second kappa shape index (κ2) is 4.48. The molecule has 0 radical (unpaired) electrons. The number of benzene rings is 2. The Balaban J connectivity index is 2.04. The van der Waals surface area contributed by atoms with Crippen LogP contribution >= 0.6 is 0 Å². The fourth-order valence-electron chi connectivity index (χ4n) is 2.83. The molecule has 3 rings (SSSR count). The van der Waals surface area contributed by atoms with Gasteiger partial charge in [-0.25, -0.2) is 0 Å². The van der Waals surface area contributed by atoms with Crippen molar-refractivity contribution in [3.8, 4) is 0 Å². The Morgan fingerprint density at radius 2 is 1.55 bits per heavy atom. The Morgan fingerprint density at radius 3 is 2.15 bits per heavy atom. The highest BCUT2D eigenvalue weighted by Crippen LogP contribution is 2.41. The zero-order valence-electron chi connectivity index (χ0n) is 12.5. The van der Waals surface area contributed by atoms with Crippen LogP contribution in [0.4, 0.5) is 11.4 Å². The molecule has 2 aromatic carbocycles. The summed E-state index contributed by atoms with van der Waals surface area (Å²) in [6.07, 6.45) is 0. The first-order valence-corrected chi connectivity index (χ1v) is 6.96. The second-order valence-electron chi connectivity index (χ2n) is 6.04. The van der Waals surface area contributed by atoms with Crippen molar-refractivity contribution in [1.29, 1.82) is 0 Å². The van der Waals surface area contributed by atoms with Crippen LogP contribution in [0.25, 0.3) is 0 Å². The Kier molecular flexibility index (Phi) is 2.89. The average molecular weight is 264 g/mol. The van der Waals surface area contributed by atoms with Gasteiger partial charge < -0.3 is 4.90 Å². The predicted molar refractivity (Wildman–Crippen MR) is 86.4 cm³/mol. The number of aliphatic imine (C=N–C) groups is 1. The molecule has 1 heterocycles. The van der Waals surface area contributed by atoms with E-state index >= 15 is 0 Å². The van der Waals surface area contributed by atoms with Crippen LogP contribution < -0.4 is 4.90 Å². The van der Waals surface area contributed by atoms with Crippen LogP contribution in [-0.2, 0) is 5.41 Å². The van der Waals surface area contributed by atoms with Gasteiger partial charge in [0, 0.05) is 25.2 Å². The number of para-hydroxylation sites is 1. The van der Waals surface area contributed by atoms with E-state index in [0.29, 0.717) is 0 Å². The number of anilines is 1. The van der Waals surface area contributed by atoms with Crippen LogP contribution in [0.15, 0.2) is 53.5 Å². The van der Waals surface area contributed by atoms with Crippen LogP contribution in [-0.4, -0.2) is 19.8 Å². The van der Waals surface area contributed by atoms with Crippen molar-refractivity contribution in [3.05, 3.63) is 59.7 Å². The van der Waals surface area contributed by atoms with Crippen molar-refractivity contribution < 1.29 is 0 Å². The maximum Gasteiger partial charge on any atom is 0.0675 e. The Hall–Kier alpha value is -2.09. The summed E-state index contributed by atoms with van der Waals surface area (Å²) in [7, 11) is 4.11. The average Bonchev–Trinajstić information content (AvgIpc) is 2.71. The number of nitrogens with zero attached hydrogens (tertiary/aromatic N) is 2. The van der Waals surface area contributed by atoms with Gasteiger partial charge in [0.25, 0.3) is 0 Å². The molecule has 1 aliphatic rings. The predicted octanol–water partition coefficient (Wildman–Crippen LogP) is 4.16. The van der Waals surface area contributed by atoms with E-state index in [1.54, 1.807) is 0 Å². The molecule has 2 aromatic rings. The highest BCUT2D eigenvalue weighted by molar-refractivity contribution is 6.12. The van der Waals surface area contributed by atoms with E-state index < -0.39 is 0 Å². The van der Waals surface area contributed by atoms with E-state index in [4.69, 9.17) is 4.99 Å². The Morgan fingerprint density at radius 1 is 0.900 bits per heavy atom. The molecular weight excluding hydrogens is 244 g/mol. The van der Waals surface area contributed by atoms with Crippen molar-refractivity contribution in [2.24, 2.45) is 4.99 Å². The largest absolute Gasteiger partial charge is 0.378 e. The monoisotopic (exact) mass is 264 g/mol. The SMILES string of the molecule is CN(C)c1ccc(C2=Nc3ccccc3C2(C)C)cc1. The lowest BCUT2D eigenvalue weighted by Crippen LogP contribution is -2.26. The molecule has 20 heavy (non-hydrogen) atoms. The van der Waals surface area contributed by atoms with Crippen molar-refractivity contribution in [1.82, 2.24) is 0 Å². The highest BCUT2D eigenvalue weighted by Gasteiger charge is 2.35. The Bertz CT molecular complexity index is 664. The maximum atomic E-state index is 4.85. The normalized spacial score (nSPS) is 15.7. The summed E-state index contributed by atoms with van der Waals surface area (Å²) in [6.45, 7) is 4.50. The third-order valence-corrected chi connectivity index (χ3v) is 4.06. The van der Waals surface area contributed by atoms with Gasteiger partial charge in [-0.1, -0.05) is 44.2 Å². The van der Waals surface area contributed by atoms with E-state index in [1.807, 2.05) is 0 Å². The standard InChI is InChI=1S/C18H20N2/c1-18(2)15-7-5-6-8-16(15)19-17(18)13-9-11-14(12-10-13)20(3)4/h5-12H,1-4H3. The summed E-state index contributed by atoms with van der Waals surface area (Å²) in [5.41, 5.74) is 5.95.